The summed E-state index contributed by atoms with van der Waals surface area (Å²) in [4.78, 5) is 10.3. The van der Waals surface area contributed by atoms with Gasteiger partial charge in [0, 0.05) is 70.7 Å². The molecule has 2 aliphatic rings. The van der Waals surface area contributed by atoms with E-state index in [0.29, 0.717) is 11.8 Å². The molecule has 0 amide bonds. The molecule has 0 radical (unpaired) electrons. The Morgan fingerprint density at radius 1 is 0.312 bits per heavy atom. The summed E-state index contributed by atoms with van der Waals surface area (Å²) in [5.41, 5.74) is 10.2. The van der Waals surface area contributed by atoms with Gasteiger partial charge in [0.1, 0.15) is 0 Å². The van der Waals surface area contributed by atoms with Crippen LogP contribution in [0.25, 0.3) is 72.7 Å². The molecule has 6 heteroatoms. The molecule has 0 unspecified atom stereocenters. The molecule has 0 N–H and O–H groups in total. The third kappa shape index (κ3) is 5.22. The molecule has 2 aromatic heterocycles. The number of benzene rings is 10. The highest BCUT2D eigenvalue weighted by Gasteiger charge is 2.32. The summed E-state index contributed by atoms with van der Waals surface area (Å²) in [7, 11) is 0. The first-order valence-corrected chi connectivity index (χ1v) is 25.5. The first kappa shape index (κ1) is 37.4. The molecule has 10 aromatic carbocycles. The van der Waals surface area contributed by atoms with Crippen LogP contribution in [0.1, 0.15) is 50.7 Å². The Balaban J connectivity index is 1.08. The van der Waals surface area contributed by atoms with Crippen molar-refractivity contribution in [1.29, 1.82) is 0 Å². The Morgan fingerprint density at radius 3 is 1.17 bits per heavy atom. The fourth-order valence-corrected chi connectivity index (χ4v) is 15.2. The smallest absolute Gasteiger partial charge is 0.0616 e. The summed E-state index contributed by atoms with van der Waals surface area (Å²) in [6, 6.07) is 60.4. The van der Waals surface area contributed by atoms with Gasteiger partial charge in [-0.1, -0.05) is 136 Å². The second-order valence-electron chi connectivity index (χ2n) is 18.0. The predicted molar refractivity (Wildman–Crippen MR) is 282 cm³/mol. The molecular weight excluding hydrogens is 853 g/mol. The standard InChI is InChI=1S/C58H40N2S4/c1-31(2)39-25-45(59-43-15-7-11-19-51(43)63-55-27-41-33-13-5-9-17-49(33)61-53(41)29-47(55)59)37-24-22-36-40(32(3)4)26-46(38-23-21-35(39)57(37)58(36)38)60-44-16-8-12-20-52(44)64-56-28-42-34-14-6-10-18-50(34)62-54(42)30-48(56)60/h5-32H,1-4H3. The Hall–Kier alpha value is -6.02. The molecule has 12 aromatic rings. The normalized spacial score (nSPS) is 13.7. The van der Waals surface area contributed by atoms with Gasteiger partial charge in [0.15, 0.2) is 0 Å². The quantitative estimate of drug-likeness (QED) is 0.162. The molecule has 14 rings (SSSR count). The monoisotopic (exact) mass is 892 g/mol. The van der Waals surface area contributed by atoms with Crippen molar-refractivity contribution in [3.8, 4) is 0 Å². The lowest BCUT2D eigenvalue weighted by Crippen LogP contribution is -2.16. The molecule has 0 bridgehead atoms. The van der Waals surface area contributed by atoms with Crippen LogP contribution in [0.15, 0.2) is 177 Å². The average Bonchev–Trinajstić information content (AvgIpc) is 3.87. The van der Waals surface area contributed by atoms with Crippen LogP contribution in [-0.2, 0) is 0 Å². The van der Waals surface area contributed by atoms with E-state index < -0.39 is 0 Å². The fraction of sp³-hybridized carbons (Fsp3) is 0.103. The molecule has 2 aliphatic heterocycles. The van der Waals surface area contributed by atoms with Crippen molar-refractivity contribution in [3.05, 3.63) is 169 Å². The zero-order valence-electron chi connectivity index (χ0n) is 35.7. The molecule has 0 saturated heterocycles. The lowest BCUT2D eigenvalue weighted by molar-refractivity contribution is 0.875. The molecular formula is C58H40N2S4. The van der Waals surface area contributed by atoms with E-state index in [9.17, 15) is 0 Å². The Labute approximate surface area is 388 Å². The van der Waals surface area contributed by atoms with Crippen molar-refractivity contribution in [3.63, 3.8) is 0 Å². The largest absolute Gasteiger partial charge is 0.308 e. The number of para-hydroxylation sites is 2. The van der Waals surface area contributed by atoms with Crippen molar-refractivity contribution in [2.24, 2.45) is 0 Å². The van der Waals surface area contributed by atoms with E-state index in [-0.39, 0.29) is 0 Å². The molecule has 0 atom stereocenters. The third-order valence-corrected chi connectivity index (χ3v) is 18.2. The van der Waals surface area contributed by atoms with E-state index in [4.69, 9.17) is 0 Å². The number of rotatable bonds is 4. The van der Waals surface area contributed by atoms with E-state index in [1.807, 2.05) is 46.2 Å². The minimum atomic E-state index is 0.313. The van der Waals surface area contributed by atoms with Gasteiger partial charge in [-0.05, 0) is 117 Å². The summed E-state index contributed by atoms with van der Waals surface area (Å²) >= 11 is 7.60. The zero-order valence-corrected chi connectivity index (χ0v) is 39.0. The van der Waals surface area contributed by atoms with Gasteiger partial charge < -0.3 is 9.80 Å². The summed E-state index contributed by atoms with van der Waals surface area (Å²) in [6.45, 7) is 9.46. The van der Waals surface area contributed by atoms with Crippen LogP contribution in [0.4, 0.5) is 34.1 Å². The molecule has 4 heterocycles. The highest BCUT2D eigenvalue weighted by molar-refractivity contribution is 8.00. The Bertz CT molecular complexity index is 3690. The second-order valence-corrected chi connectivity index (χ2v) is 22.3. The van der Waals surface area contributed by atoms with E-state index in [1.54, 1.807) is 0 Å². The second kappa shape index (κ2) is 13.7. The topological polar surface area (TPSA) is 6.48 Å². The number of anilines is 6. The summed E-state index contributed by atoms with van der Waals surface area (Å²) < 4.78 is 5.32. The van der Waals surface area contributed by atoms with Crippen LogP contribution in [0.5, 0.6) is 0 Å². The van der Waals surface area contributed by atoms with Crippen LogP contribution >= 0.6 is 46.2 Å². The van der Waals surface area contributed by atoms with Crippen molar-refractivity contribution < 1.29 is 0 Å². The highest BCUT2D eigenvalue weighted by Crippen LogP contribution is 2.59. The minimum Gasteiger partial charge on any atom is -0.308 e. The van der Waals surface area contributed by atoms with Crippen LogP contribution < -0.4 is 9.80 Å². The van der Waals surface area contributed by atoms with Gasteiger partial charge in [-0.15, -0.1) is 22.7 Å². The SMILES string of the molecule is CC(C)c1cc(N2c3ccccc3Sc3cc4c(cc32)sc2ccccc24)c2ccc3c(C(C)C)cc(N4c5ccccc5Sc5cc6c(cc54)sc4ccccc46)c4ccc1c2c34. The van der Waals surface area contributed by atoms with E-state index in [2.05, 4.69) is 195 Å². The highest BCUT2D eigenvalue weighted by atomic mass is 32.2. The van der Waals surface area contributed by atoms with Crippen molar-refractivity contribution in [2.75, 3.05) is 9.80 Å². The number of nitrogens with zero attached hydrogens (tertiary/aromatic N) is 2. The number of fused-ring (bicyclic) bond motifs is 10. The lowest BCUT2D eigenvalue weighted by Gasteiger charge is -2.36. The van der Waals surface area contributed by atoms with Gasteiger partial charge in [-0.2, -0.15) is 0 Å². The zero-order chi connectivity index (χ0) is 42.5. The number of hydrogen-bond acceptors (Lipinski definition) is 6. The summed E-state index contributed by atoms with van der Waals surface area (Å²) in [5.74, 6) is 0.626. The first-order chi connectivity index (χ1) is 31.4. The molecule has 0 aliphatic carbocycles. The summed E-state index contributed by atoms with van der Waals surface area (Å²) in [6.07, 6.45) is 0. The van der Waals surface area contributed by atoms with Crippen LogP contribution in [0, 0.1) is 0 Å². The average molecular weight is 893 g/mol. The Morgan fingerprint density at radius 2 is 0.719 bits per heavy atom. The first-order valence-electron chi connectivity index (χ1n) is 22.2. The maximum absolute atomic E-state index is 2.59. The summed E-state index contributed by atoms with van der Waals surface area (Å²) in [5, 5.41) is 13.3. The van der Waals surface area contributed by atoms with Crippen molar-refractivity contribution in [1.82, 2.24) is 0 Å². The molecule has 0 saturated carbocycles. The fourth-order valence-electron chi connectivity index (χ4n) is 10.8. The molecule has 306 valence electrons. The molecule has 64 heavy (non-hydrogen) atoms. The van der Waals surface area contributed by atoms with Crippen molar-refractivity contribution in [2.45, 2.75) is 59.1 Å². The maximum Gasteiger partial charge on any atom is 0.0616 e. The van der Waals surface area contributed by atoms with Crippen LogP contribution in [-0.4, -0.2) is 0 Å². The number of thiophene rings is 2. The molecule has 0 fully saturated rings. The lowest BCUT2D eigenvalue weighted by atomic mass is 9.84. The van der Waals surface area contributed by atoms with Crippen LogP contribution in [0.2, 0.25) is 0 Å². The van der Waals surface area contributed by atoms with Gasteiger partial charge in [-0.25, -0.2) is 0 Å². The molecule has 2 nitrogen and oxygen atoms in total. The van der Waals surface area contributed by atoms with Gasteiger partial charge in [0.05, 0.1) is 34.1 Å². The predicted octanol–water partition coefficient (Wildman–Crippen LogP) is 19.4. The Kier molecular flexibility index (Phi) is 8.02. The van der Waals surface area contributed by atoms with Gasteiger partial charge in [0.2, 0.25) is 0 Å². The van der Waals surface area contributed by atoms with Crippen molar-refractivity contribution >= 4 is 153 Å². The molecule has 0 spiro atoms. The minimum absolute atomic E-state index is 0.313. The van der Waals surface area contributed by atoms with Crippen LogP contribution in [0.3, 0.4) is 0 Å². The number of hydrogen-bond donors (Lipinski definition) is 0. The maximum atomic E-state index is 2.59. The van der Waals surface area contributed by atoms with Gasteiger partial charge >= 0.3 is 0 Å². The van der Waals surface area contributed by atoms with Gasteiger partial charge in [0.25, 0.3) is 0 Å². The third-order valence-electron chi connectivity index (χ3n) is 13.7. The van der Waals surface area contributed by atoms with Gasteiger partial charge in [-0.3, -0.25) is 0 Å². The van der Waals surface area contributed by atoms with E-state index in [0.717, 1.165) is 0 Å². The van der Waals surface area contributed by atoms with E-state index in [1.165, 1.54) is 137 Å². The van der Waals surface area contributed by atoms with E-state index >= 15 is 0 Å².